The first-order chi connectivity index (χ1) is 20.8. The second kappa shape index (κ2) is 11.7. The number of hydrogen-bond acceptors (Lipinski definition) is 8. The number of amides is 2. The predicted octanol–water partition coefficient (Wildman–Crippen LogP) is 4.61. The molecule has 1 unspecified atom stereocenters. The number of benzene rings is 2. The maximum atomic E-state index is 14.6. The van der Waals surface area contributed by atoms with Gasteiger partial charge in [-0.15, -0.1) is 10.2 Å². The van der Waals surface area contributed by atoms with Gasteiger partial charge in [-0.3, -0.25) is 15.0 Å². The number of carbonyl (C=O) groups is 2. The highest BCUT2D eigenvalue weighted by atomic mass is 35.5. The van der Waals surface area contributed by atoms with Gasteiger partial charge in [0.25, 0.3) is 5.91 Å². The van der Waals surface area contributed by atoms with Crippen LogP contribution < -0.4 is 5.32 Å². The number of H-pyrrole nitrogens is 1. The number of guanidine groups is 1. The molecule has 2 atom stereocenters. The van der Waals surface area contributed by atoms with Gasteiger partial charge >= 0.3 is 12.6 Å². The van der Waals surface area contributed by atoms with Crippen molar-refractivity contribution in [2.24, 2.45) is 10.4 Å². The standard InChI is InChI=1S/C28H28ClF2N9O4/c1-27(2,3)14-28(18-7-4-15(5-8-18)17-11-32-39(12-17)24(30)31)23(42)40(25(34-28)33-26(43)44)21(13-41)16-6-9-20(29)19(10-16)22-35-37-38-36-22/h4-12,21,24,41H,13-14H2,1-3H3,(H,33,34)(H,43,44)(H,35,36,37,38)/t21-,28?/m1/s1. The van der Waals surface area contributed by atoms with Gasteiger partial charge in [-0.25, -0.2) is 14.5 Å². The fourth-order valence-corrected chi connectivity index (χ4v) is 5.49. The van der Waals surface area contributed by atoms with E-state index in [1.807, 2.05) is 20.8 Å². The number of rotatable bonds is 8. The number of carboxylic acid groups (broad SMARTS) is 1. The first kappa shape index (κ1) is 30.7. The monoisotopic (exact) mass is 627 g/mol. The Morgan fingerprint density at radius 3 is 2.45 bits per heavy atom. The van der Waals surface area contributed by atoms with Gasteiger partial charge in [0.1, 0.15) is 0 Å². The van der Waals surface area contributed by atoms with E-state index in [2.05, 4.69) is 31.0 Å². The van der Waals surface area contributed by atoms with E-state index in [0.29, 0.717) is 37.5 Å². The molecule has 44 heavy (non-hydrogen) atoms. The van der Waals surface area contributed by atoms with E-state index in [-0.39, 0.29) is 18.2 Å². The first-order valence-electron chi connectivity index (χ1n) is 13.3. The summed E-state index contributed by atoms with van der Waals surface area (Å²) in [6, 6.07) is 10.2. The van der Waals surface area contributed by atoms with Crippen molar-refractivity contribution in [2.45, 2.75) is 45.3 Å². The van der Waals surface area contributed by atoms with Crippen LogP contribution in [0.15, 0.2) is 59.9 Å². The van der Waals surface area contributed by atoms with E-state index in [1.165, 1.54) is 12.4 Å². The van der Waals surface area contributed by atoms with E-state index < -0.39 is 42.2 Å². The molecule has 0 fully saturated rings. The average molecular weight is 628 g/mol. The molecule has 1 aliphatic rings. The third kappa shape index (κ3) is 5.88. The largest absolute Gasteiger partial charge is 0.465 e. The molecule has 0 saturated carbocycles. The second-order valence-corrected chi connectivity index (χ2v) is 11.8. The Morgan fingerprint density at radius 1 is 1.16 bits per heavy atom. The second-order valence-electron chi connectivity index (χ2n) is 11.4. The molecule has 16 heteroatoms. The number of nitrogens with one attached hydrogen (secondary N) is 2. The SMILES string of the molecule is CC(C)(C)CC1(c2ccc(-c3cnn(C(F)F)c3)cc2)N=C(NC(=O)O)N([C@H](CO)c2ccc(Cl)c(-c3nn[nH]n3)c2)C1=O. The number of aliphatic hydroxyl groups is 1. The van der Waals surface area contributed by atoms with Crippen molar-refractivity contribution in [1.29, 1.82) is 0 Å². The van der Waals surface area contributed by atoms with Crippen molar-refractivity contribution in [3.05, 3.63) is 71.0 Å². The van der Waals surface area contributed by atoms with Crippen LogP contribution in [0.25, 0.3) is 22.5 Å². The van der Waals surface area contributed by atoms with Crippen LogP contribution in [-0.2, 0) is 10.3 Å². The van der Waals surface area contributed by atoms with Crippen LogP contribution in [0.5, 0.6) is 0 Å². The first-order valence-corrected chi connectivity index (χ1v) is 13.7. The Hall–Kier alpha value is -4.76. The third-order valence-corrected chi connectivity index (χ3v) is 7.38. The maximum absolute atomic E-state index is 14.6. The zero-order valence-corrected chi connectivity index (χ0v) is 24.5. The van der Waals surface area contributed by atoms with Crippen molar-refractivity contribution in [2.75, 3.05) is 6.61 Å². The number of aromatic nitrogens is 6. The number of tetrazole rings is 1. The predicted molar refractivity (Wildman–Crippen MR) is 155 cm³/mol. The molecule has 0 radical (unpaired) electrons. The number of aliphatic imine (C=N–C) groups is 1. The number of carbonyl (C=O) groups excluding carboxylic acids is 1. The molecule has 0 bridgehead atoms. The number of nitrogens with zero attached hydrogens (tertiary/aromatic N) is 7. The topological polar surface area (TPSA) is 175 Å². The highest BCUT2D eigenvalue weighted by Crippen LogP contribution is 2.45. The van der Waals surface area contributed by atoms with Crippen molar-refractivity contribution < 1.29 is 28.6 Å². The molecule has 5 rings (SSSR count). The number of alkyl halides is 2. The molecule has 2 amide bonds. The summed E-state index contributed by atoms with van der Waals surface area (Å²) in [6.07, 6.45) is 1.22. The van der Waals surface area contributed by atoms with Gasteiger partial charge in [0.15, 0.2) is 5.54 Å². The number of hydrogen-bond donors (Lipinski definition) is 4. The van der Waals surface area contributed by atoms with E-state index in [9.17, 15) is 28.6 Å². The average Bonchev–Trinajstić information content (AvgIpc) is 3.72. The number of aromatic amines is 1. The van der Waals surface area contributed by atoms with E-state index in [0.717, 1.165) is 4.90 Å². The summed E-state index contributed by atoms with van der Waals surface area (Å²) < 4.78 is 26.7. The van der Waals surface area contributed by atoms with E-state index >= 15 is 0 Å². The fourth-order valence-electron chi connectivity index (χ4n) is 5.29. The molecule has 1 aliphatic heterocycles. The zero-order chi connectivity index (χ0) is 31.8. The lowest BCUT2D eigenvalue weighted by molar-refractivity contribution is -0.135. The Kier molecular flexibility index (Phi) is 8.18. The summed E-state index contributed by atoms with van der Waals surface area (Å²) >= 11 is 6.37. The van der Waals surface area contributed by atoms with Crippen LogP contribution in [-0.4, -0.2) is 70.1 Å². The van der Waals surface area contributed by atoms with Gasteiger partial charge in [0.2, 0.25) is 11.8 Å². The summed E-state index contributed by atoms with van der Waals surface area (Å²) in [5.74, 6) is -0.672. The minimum Gasteiger partial charge on any atom is -0.465 e. The van der Waals surface area contributed by atoms with Crippen LogP contribution in [0.1, 0.15) is 50.9 Å². The summed E-state index contributed by atoms with van der Waals surface area (Å²) in [6.45, 7) is 2.35. The van der Waals surface area contributed by atoms with Crippen LogP contribution in [0.2, 0.25) is 5.02 Å². The van der Waals surface area contributed by atoms with Crippen molar-refractivity contribution in [1.82, 2.24) is 40.6 Å². The molecule has 3 heterocycles. The van der Waals surface area contributed by atoms with Crippen molar-refractivity contribution >= 4 is 29.6 Å². The zero-order valence-electron chi connectivity index (χ0n) is 23.7. The Bertz CT molecular complexity index is 1700. The lowest BCUT2D eigenvalue weighted by atomic mass is 9.75. The quantitative estimate of drug-likeness (QED) is 0.219. The fraction of sp³-hybridized carbons (Fsp3) is 0.321. The van der Waals surface area contributed by atoms with Gasteiger partial charge in [-0.2, -0.15) is 19.1 Å². The van der Waals surface area contributed by atoms with Crippen LogP contribution >= 0.6 is 11.6 Å². The molecule has 13 nitrogen and oxygen atoms in total. The molecule has 0 aliphatic carbocycles. The highest BCUT2D eigenvalue weighted by molar-refractivity contribution is 6.33. The van der Waals surface area contributed by atoms with Gasteiger partial charge in [0, 0.05) is 17.3 Å². The smallest absolute Gasteiger partial charge is 0.411 e. The molecule has 4 aromatic rings. The molecular weight excluding hydrogens is 600 g/mol. The van der Waals surface area contributed by atoms with E-state index in [4.69, 9.17) is 16.6 Å². The molecule has 4 N–H and O–H groups in total. The Labute approximate surface area is 254 Å². The normalized spacial score (nSPS) is 17.7. The van der Waals surface area contributed by atoms with Crippen LogP contribution in [0, 0.1) is 5.41 Å². The Balaban J connectivity index is 1.60. The van der Waals surface area contributed by atoms with Crippen molar-refractivity contribution in [3.8, 4) is 22.5 Å². The number of halogens is 3. The molecule has 0 spiro atoms. The van der Waals surface area contributed by atoms with Crippen molar-refractivity contribution in [3.63, 3.8) is 0 Å². The summed E-state index contributed by atoms with van der Waals surface area (Å²) in [5, 5.41) is 40.3. The summed E-state index contributed by atoms with van der Waals surface area (Å²) in [7, 11) is 0. The van der Waals surface area contributed by atoms with Crippen LogP contribution in [0.4, 0.5) is 13.6 Å². The molecule has 2 aromatic heterocycles. The molecule has 0 saturated heterocycles. The third-order valence-electron chi connectivity index (χ3n) is 7.05. The summed E-state index contributed by atoms with van der Waals surface area (Å²) in [5.41, 5.74) is 0.153. The highest BCUT2D eigenvalue weighted by Gasteiger charge is 2.53. The molecule has 2 aromatic carbocycles. The van der Waals surface area contributed by atoms with Gasteiger partial charge in [-0.05, 0) is 45.9 Å². The van der Waals surface area contributed by atoms with Crippen LogP contribution in [0.3, 0.4) is 0 Å². The maximum Gasteiger partial charge on any atom is 0.411 e. The molecule has 230 valence electrons. The van der Waals surface area contributed by atoms with Gasteiger partial charge in [0.05, 0.1) is 23.9 Å². The minimum absolute atomic E-state index is 0.162. The lowest BCUT2D eigenvalue weighted by Crippen LogP contribution is -2.49. The summed E-state index contributed by atoms with van der Waals surface area (Å²) in [4.78, 5) is 32.3. The van der Waals surface area contributed by atoms with Gasteiger partial charge in [-0.1, -0.05) is 62.7 Å². The lowest BCUT2D eigenvalue weighted by Gasteiger charge is -2.34. The molecular formula is C28H28ClF2N9O4. The van der Waals surface area contributed by atoms with Gasteiger partial charge < -0.3 is 10.2 Å². The number of aliphatic hydroxyl groups excluding tert-OH is 1. The Morgan fingerprint density at radius 2 is 1.89 bits per heavy atom. The minimum atomic E-state index is -2.79. The van der Waals surface area contributed by atoms with E-state index in [1.54, 1.807) is 42.5 Å².